The van der Waals surface area contributed by atoms with Crippen molar-refractivity contribution in [3.05, 3.63) is 59.0 Å². The number of methoxy groups -OCH3 is 1. The molecule has 2 heterocycles. The number of nitrogens with one attached hydrogen (secondary N) is 1. The molecule has 1 saturated heterocycles. The van der Waals surface area contributed by atoms with Crippen molar-refractivity contribution in [3.63, 3.8) is 0 Å². The maximum atomic E-state index is 13.2. The molecule has 0 saturated carbocycles. The van der Waals surface area contributed by atoms with E-state index in [2.05, 4.69) is 5.32 Å². The van der Waals surface area contributed by atoms with Crippen LogP contribution in [0.5, 0.6) is 5.75 Å². The average molecular weight is 433 g/mol. The molecule has 4 rings (SSSR count). The van der Waals surface area contributed by atoms with E-state index in [1.165, 1.54) is 37.4 Å². The third kappa shape index (κ3) is 2.81. The second-order valence-corrected chi connectivity index (χ2v) is 9.29. The van der Waals surface area contributed by atoms with E-state index in [0.717, 1.165) is 16.1 Å². The Balaban J connectivity index is 1.89. The fourth-order valence-corrected chi connectivity index (χ4v) is 5.51. The van der Waals surface area contributed by atoms with Gasteiger partial charge >= 0.3 is 0 Å². The minimum Gasteiger partial charge on any atom is -0.497 e. The van der Waals surface area contributed by atoms with Gasteiger partial charge in [-0.25, -0.2) is 8.42 Å². The van der Waals surface area contributed by atoms with Gasteiger partial charge in [-0.15, -0.1) is 0 Å². The minimum atomic E-state index is -4.20. The molecule has 2 aliphatic rings. The monoisotopic (exact) mass is 432 g/mol. The second kappa shape index (κ2) is 6.73. The Labute approximate surface area is 170 Å². The van der Waals surface area contributed by atoms with Gasteiger partial charge in [-0.1, -0.05) is 42.2 Å². The number of carbonyl (C=O) groups excluding carboxylic acids is 2. The van der Waals surface area contributed by atoms with Crippen LogP contribution in [-0.4, -0.2) is 31.7 Å². The van der Waals surface area contributed by atoms with Crippen molar-refractivity contribution in [1.82, 2.24) is 5.32 Å². The summed E-state index contributed by atoms with van der Waals surface area (Å²) in [6.45, 7) is 0. The molecule has 1 fully saturated rings. The maximum Gasteiger partial charge on any atom is 0.274 e. The molecule has 2 aliphatic heterocycles. The highest BCUT2D eigenvalue weighted by molar-refractivity contribution is 8.27. The lowest BCUT2D eigenvalue weighted by Gasteiger charge is -2.17. The molecule has 0 bridgehead atoms. The predicted molar refractivity (Wildman–Crippen MR) is 109 cm³/mol. The van der Waals surface area contributed by atoms with Gasteiger partial charge in [0.15, 0.2) is 0 Å². The van der Waals surface area contributed by atoms with Crippen LogP contribution in [0.15, 0.2) is 58.3 Å². The smallest absolute Gasteiger partial charge is 0.274 e. The fraction of sp³-hybridized carbons (Fsp3) is 0.0556. The lowest BCUT2D eigenvalue weighted by Crippen LogP contribution is -2.34. The van der Waals surface area contributed by atoms with Crippen LogP contribution in [0.3, 0.4) is 0 Å². The largest absolute Gasteiger partial charge is 0.497 e. The third-order valence-electron chi connectivity index (χ3n) is 4.23. The molecule has 10 heteroatoms. The number of para-hydroxylation sites is 1. The van der Waals surface area contributed by atoms with Gasteiger partial charge in [0.1, 0.15) is 10.1 Å². The summed E-state index contributed by atoms with van der Waals surface area (Å²) >= 11 is 5.93. The van der Waals surface area contributed by atoms with Crippen molar-refractivity contribution in [2.45, 2.75) is 4.90 Å². The summed E-state index contributed by atoms with van der Waals surface area (Å²) < 4.78 is 32.4. The van der Waals surface area contributed by atoms with Crippen LogP contribution in [-0.2, 0) is 19.6 Å². The number of ether oxygens (including phenoxy) is 1. The zero-order valence-corrected chi connectivity index (χ0v) is 16.8. The molecule has 2 amide bonds. The molecule has 142 valence electrons. The highest BCUT2D eigenvalue weighted by atomic mass is 32.2. The van der Waals surface area contributed by atoms with Crippen LogP contribution < -0.4 is 14.4 Å². The summed E-state index contributed by atoms with van der Waals surface area (Å²) in [5.41, 5.74) is 0.582. The summed E-state index contributed by atoms with van der Waals surface area (Å²) in [4.78, 5) is 25.4. The molecule has 0 unspecified atom stereocenters. The van der Waals surface area contributed by atoms with E-state index >= 15 is 0 Å². The molecule has 2 aromatic rings. The Morgan fingerprint density at radius 3 is 2.36 bits per heavy atom. The maximum absolute atomic E-state index is 13.2. The number of sulfonamides is 1. The molecule has 0 spiro atoms. The quantitative estimate of drug-likeness (QED) is 0.588. The molecular formula is C18H12N2O5S3. The molecule has 0 atom stereocenters. The van der Waals surface area contributed by atoms with Crippen LogP contribution in [0, 0.1) is 0 Å². The summed E-state index contributed by atoms with van der Waals surface area (Å²) in [7, 11) is -2.73. The number of hydrogen-bond donors (Lipinski definition) is 1. The van der Waals surface area contributed by atoms with Crippen LogP contribution in [0.1, 0.15) is 5.56 Å². The van der Waals surface area contributed by atoms with E-state index in [9.17, 15) is 18.0 Å². The van der Waals surface area contributed by atoms with Crippen molar-refractivity contribution in [3.8, 4) is 5.75 Å². The average Bonchev–Trinajstić information content (AvgIpc) is 3.16. The molecule has 7 nitrogen and oxygen atoms in total. The molecule has 1 N–H and O–H groups in total. The topological polar surface area (TPSA) is 92.8 Å². The van der Waals surface area contributed by atoms with E-state index in [0.29, 0.717) is 11.3 Å². The molecular weight excluding hydrogens is 420 g/mol. The number of anilines is 1. The highest BCUT2D eigenvalue weighted by Gasteiger charge is 2.44. The van der Waals surface area contributed by atoms with Gasteiger partial charge in [0, 0.05) is 5.56 Å². The predicted octanol–water partition coefficient (Wildman–Crippen LogP) is 2.29. The first-order chi connectivity index (χ1) is 13.3. The normalized spacial score (nSPS) is 19.0. The van der Waals surface area contributed by atoms with Gasteiger partial charge in [-0.3, -0.25) is 9.59 Å². The fourth-order valence-electron chi connectivity index (χ4n) is 2.98. The summed E-state index contributed by atoms with van der Waals surface area (Å²) in [5.74, 6) is -0.821. The first-order valence-electron chi connectivity index (χ1n) is 7.95. The summed E-state index contributed by atoms with van der Waals surface area (Å²) in [6.07, 6.45) is 0. The van der Waals surface area contributed by atoms with E-state index in [4.69, 9.17) is 17.0 Å². The number of fused-ring (bicyclic) bond motifs is 1. The van der Waals surface area contributed by atoms with Crippen molar-refractivity contribution in [2.75, 3.05) is 11.4 Å². The number of rotatable bonds is 3. The minimum absolute atomic E-state index is 0.0232. The molecule has 2 aromatic carbocycles. The number of nitrogens with zero attached hydrogens (tertiary/aromatic N) is 1. The highest BCUT2D eigenvalue weighted by Crippen LogP contribution is 2.44. The van der Waals surface area contributed by atoms with E-state index in [1.807, 2.05) is 0 Å². The van der Waals surface area contributed by atoms with Gasteiger partial charge in [0.25, 0.3) is 21.8 Å². The van der Waals surface area contributed by atoms with Crippen LogP contribution in [0.2, 0.25) is 0 Å². The van der Waals surface area contributed by atoms with Crippen molar-refractivity contribution in [2.24, 2.45) is 0 Å². The van der Waals surface area contributed by atoms with Gasteiger partial charge in [-0.05, 0) is 30.3 Å². The number of thiocarbonyl (C=S) groups is 1. The van der Waals surface area contributed by atoms with Crippen LogP contribution >= 0.6 is 24.0 Å². The van der Waals surface area contributed by atoms with Crippen LogP contribution in [0.4, 0.5) is 5.69 Å². The Morgan fingerprint density at radius 1 is 1.07 bits per heavy atom. The molecule has 28 heavy (non-hydrogen) atoms. The second-order valence-electron chi connectivity index (χ2n) is 5.82. The number of benzene rings is 2. The first-order valence-corrected chi connectivity index (χ1v) is 10.6. The lowest BCUT2D eigenvalue weighted by atomic mass is 10.1. The van der Waals surface area contributed by atoms with E-state index in [1.54, 1.807) is 18.2 Å². The Hall–Kier alpha value is -2.69. The third-order valence-corrected chi connectivity index (χ3v) is 7.18. The standard InChI is InChI=1S/C18H12N2O5S3/c1-25-10-6-8-11(9-7-10)28(23,24)20-13-5-3-2-4-12(13)14(17(20)22)15-16(21)19-18(26)27-15/h2-9H,1H3,(H,19,21,26)/b15-14+. The van der Waals surface area contributed by atoms with Gasteiger partial charge in [0.05, 0.1) is 28.2 Å². The number of amides is 2. The molecule has 0 aliphatic carbocycles. The SMILES string of the molecule is COc1ccc(S(=O)(=O)N2C(=O)/C(=C3/SC(=S)NC3=O)c3ccccc32)cc1. The first kappa shape index (κ1) is 18.7. The number of thioether (sulfide) groups is 1. The van der Waals surface area contributed by atoms with E-state index < -0.39 is 21.8 Å². The zero-order valence-electron chi connectivity index (χ0n) is 14.3. The van der Waals surface area contributed by atoms with Gasteiger partial charge in [0.2, 0.25) is 0 Å². The molecule has 0 aromatic heterocycles. The van der Waals surface area contributed by atoms with Crippen molar-refractivity contribution < 1.29 is 22.7 Å². The summed E-state index contributed by atoms with van der Waals surface area (Å²) in [6, 6.07) is 12.2. The number of carbonyl (C=O) groups is 2. The van der Waals surface area contributed by atoms with Crippen molar-refractivity contribution >= 4 is 61.4 Å². The Kier molecular flexibility index (Phi) is 4.48. The van der Waals surface area contributed by atoms with Crippen LogP contribution in [0.25, 0.3) is 5.57 Å². The number of hydrogen-bond acceptors (Lipinski definition) is 7. The molecule has 0 radical (unpaired) electrons. The summed E-state index contributed by atoms with van der Waals surface area (Å²) in [5, 5.41) is 2.46. The van der Waals surface area contributed by atoms with Crippen molar-refractivity contribution in [1.29, 1.82) is 0 Å². The Bertz CT molecular complexity index is 1170. The van der Waals surface area contributed by atoms with E-state index in [-0.39, 0.29) is 25.4 Å². The van der Waals surface area contributed by atoms with Gasteiger partial charge < -0.3 is 10.1 Å². The lowest BCUT2D eigenvalue weighted by molar-refractivity contribution is -0.116. The Morgan fingerprint density at radius 2 is 1.75 bits per heavy atom. The zero-order chi connectivity index (χ0) is 20.1. The van der Waals surface area contributed by atoms with Gasteiger partial charge in [-0.2, -0.15) is 4.31 Å².